The maximum absolute atomic E-state index is 5.38. The molecule has 68 valence electrons. The number of hydrogen-bond acceptors (Lipinski definition) is 4. The zero-order valence-electron chi connectivity index (χ0n) is 7.30. The summed E-state index contributed by atoms with van der Waals surface area (Å²) in [6.07, 6.45) is 0.790. The van der Waals surface area contributed by atoms with Gasteiger partial charge in [-0.25, -0.2) is 0 Å². The molecule has 0 amide bonds. The standard InChI is InChI=1S/C6H18N2O2Si/c1-3-9-11(10-4-2)6-8-5-7/h8,11H,3-7H2,1-2H3. The third-order valence-corrected chi connectivity index (χ3v) is 3.19. The Bertz CT molecular complexity index is 79.0. The predicted molar refractivity (Wildman–Crippen MR) is 47.5 cm³/mol. The smallest absolute Gasteiger partial charge is 0.335 e. The van der Waals surface area contributed by atoms with Gasteiger partial charge in [-0.3, -0.25) is 0 Å². The Morgan fingerprint density at radius 3 is 2.18 bits per heavy atom. The molecule has 0 saturated heterocycles. The Morgan fingerprint density at radius 1 is 1.27 bits per heavy atom. The Morgan fingerprint density at radius 2 is 1.82 bits per heavy atom. The third-order valence-electron chi connectivity index (χ3n) is 1.16. The molecule has 0 radical (unpaired) electrons. The molecule has 0 aromatic rings. The van der Waals surface area contributed by atoms with Crippen LogP contribution in [0.5, 0.6) is 0 Å². The molecule has 0 aromatic carbocycles. The van der Waals surface area contributed by atoms with E-state index in [-0.39, 0.29) is 0 Å². The van der Waals surface area contributed by atoms with Crippen molar-refractivity contribution in [3.8, 4) is 0 Å². The summed E-state index contributed by atoms with van der Waals surface area (Å²) in [5.74, 6) is 0. The first-order chi connectivity index (χ1) is 5.35. The summed E-state index contributed by atoms with van der Waals surface area (Å²) in [6.45, 7) is 5.89. The highest BCUT2D eigenvalue weighted by molar-refractivity contribution is 6.44. The van der Waals surface area contributed by atoms with E-state index in [2.05, 4.69) is 5.32 Å². The van der Waals surface area contributed by atoms with Crippen LogP contribution in [0.3, 0.4) is 0 Å². The molecular formula is C6H18N2O2Si. The molecule has 0 aliphatic heterocycles. The van der Waals surface area contributed by atoms with Crippen LogP contribution in [0.1, 0.15) is 13.8 Å². The van der Waals surface area contributed by atoms with E-state index in [0.29, 0.717) is 6.67 Å². The van der Waals surface area contributed by atoms with Crippen molar-refractivity contribution in [2.75, 3.05) is 26.1 Å². The predicted octanol–water partition coefficient (Wildman–Crippen LogP) is -0.675. The lowest BCUT2D eigenvalue weighted by atomic mass is 10.9. The fourth-order valence-electron chi connectivity index (χ4n) is 0.739. The molecule has 0 fully saturated rings. The number of rotatable bonds is 7. The van der Waals surface area contributed by atoms with Gasteiger partial charge in [0.1, 0.15) is 0 Å². The van der Waals surface area contributed by atoms with Crippen LogP contribution in [0.4, 0.5) is 0 Å². The zero-order chi connectivity index (χ0) is 8.53. The highest BCUT2D eigenvalue weighted by atomic mass is 28.3. The van der Waals surface area contributed by atoms with Crippen LogP contribution in [-0.4, -0.2) is 35.3 Å². The van der Waals surface area contributed by atoms with Crippen molar-refractivity contribution in [3.63, 3.8) is 0 Å². The van der Waals surface area contributed by atoms with Crippen LogP contribution in [0.15, 0.2) is 0 Å². The van der Waals surface area contributed by atoms with Gasteiger partial charge in [-0.2, -0.15) is 0 Å². The van der Waals surface area contributed by atoms with Crippen LogP contribution in [0.2, 0.25) is 0 Å². The molecule has 4 nitrogen and oxygen atoms in total. The minimum Gasteiger partial charge on any atom is -0.396 e. The van der Waals surface area contributed by atoms with Gasteiger partial charge in [0.05, 0.1) is 0 Å². The van der Waals surface area contributed by atoms with Crippen molar-refractivity contribution in [2.24, 2.45) is 5.73 Å². The van der Waals surface area contributed by atoms with Crippen molar-refractivity contribution in [1.82, 2.24) is 5.32 Å². The van der Waals surface area contributed by atoms with Crippen LogP contribution >= 0.6 is 0 Å². The first-order valence-corrected chi connectivity index (χ1v) is 5.75. The monoisotopic (exact) mass is 178 g/mol. The highest BCUT2D eigenvalue weighted by Gasteiger charge is 2.09. The van der Waals surface area contributed by atoms with Crippen LogP contribution in [0, 0.1) is 0 Å². The van der Waals surface area contributed by atoms with Crippen molar-refractivity contribution in [3.05, 3.63) is 0 Å². The summed E-state index contributed by atoms with van der Waals surface area (Å²) in [5.41, 5.74) is 5.27. The van der Waals surface area contributed by atoms with E-state index in [1.165, 1.54) is 0 Å². The van der Waals surface area contributed by atoms with Crippen LogP contribution < -0.4 is 11.1 Å². The van der Waals surface area contributed by atoms with Crippen molar-refractivity contribution in [1.29, 1.82) is 0 Å². The van der Waals surface area contributed by atoms with Crippen molar-refractivity contribution < 1.29 is 8.85 Å². The molecule has 0 unspecified atom stereocenters. The average Bonchev–Trinajstić information content (AvgIpc) is 2.01. The molecule has 0 bridgehead atoms. The maximum atomic E-state index is 5.38. The van der Waals surface area contributed by atoms with Crippen LogP contribution in [-0.2, 0) is 8.85 Å². The first-order valence-electron chi connectivity index (χ1n) is 3.99. The molecule has 0 spiro atoms. The molecule has 0 heterocycles. The fourth-order valence-corrected chi connectivity index (χ4v) is 2.22. The normalized spacial score (nSPS) is 10.9. The summed E-state index contributed by atoms with van der Waals surface area (Å²) in [4.78, 5) is 0. The minimum absolute atomic E-state index is 0.490. The molecule has 0 aromatic heterocycles. The maximum Gasteiger partial charge on any atom is 0.335 e. The Kier molecular flexibility index (Phi) is 8.20. The minimum atomic E-state index is -1.44. The highest BCUT2D eigenvalue weighted by Crippen LogP contribution is 1.86. The Hall–Kier alpha value is 0.0569. The zero-order valence-corrected chi connectivity index (χ0v) is 8.45. The van der Waals surface area contributed by atoms with Gasteiger partial charge in [-0.05, 0) is 13.8 Å². The van der Waals surface area contributed by atoms with E-state index < -0.39 is 9.28 Å². The summed E-state index contributed by atoms with van der Waals surface area (Å²) in [6, 6.07) is 0. The van der Waals surface area contributed by atoms with Crippen molar-refractivity contribution in [2.45, 2.75) is 13.8 Å². The van der Waals surface area contributed by atoms with Gasteiger partial charge in [-0.15, -0.1) is 0 Å². The molecule has 0 aliphatic rings. The largest absolute Gasteiger partial charge is 0.396 e. The topological polar surface area (TPSA) is 56.5 Å². The number of hydrogen-bond donors (Lipinski definition) is 2. The lowest BCUT2D eigenvalue weighted by Crippen LogP contribution is -2.38. The van der Waals surface area contributed by atoms with Gasteiger partial charge in [0.2, 0.25) is 0 Å². The molecule has 11 heavy (non-hydrogen) atoms. The van der Waals surface area contributed by atoms with Gasteiger partial charge in [0.15, 0.2) is 0 Å². The van der Waals surface area contributed by atoms with Gasteiger partial charge in [-0.1, -0.05) is 0 Å². The SMILES string of the molecule is CCO[SiH](CNCN)OCC. The van der Waals surface area contributed by atoms with E-state index in [1.807, 2.05) is 13.8 Å². The van der Waals surface area contributed by atoms with Gasteiger partial charge in [0.25, 0.3) is 0 Å². The second-order valence-electron chi connectivity index (χ2n) is 2.00. The third kappa shape index (κ3) is 6.45. The van der Waals surface area contributed by atoms with E-state index >= 15 is 0 Å². The second-order valence-corrected chi connectivity index (χ2v) is 3.93. The Labute approximate surface area is 69.9 Å². The average molecular weight is 178 g/mol. The van der Waals surface area contributed by atoms with E-state index in [1.54, 1.807) is 0 Å². The van der Waals surface area contributed by atoms with Gasteiger partial charge in [0, 0.05) is 26.1 Å². The summed E-state index contributed by atoms with van der Waals surface area (Å²) in [7, 11) is -1.44. The number of nitrogens with two attached hydrogens (primary N) is 1. The Balaban J connectivity index is 3.34. The second kappa shape index (κ2) is 8.16. The molecule has 0 rings (SSSR count). The lowest BCUT2D eigenvalue weighted by molar-refractivity contribution is 0.212. The quantitative estimate of drug-likeness (QED) is 0.401. The lowest BCUT2D eigenvalue weighted by Gasteiger charge is -2.14. The van der Waals surface area contributed by atoms with E-state index in [9.17, 15) is 0 Å². The summed E-state index contributed by atoms with van der Waals surface area (Å²) >= 11 is 0. The van der Waals surface area contributed by atoms with Crippen molar-refractivity contribution >= 4 is 9.28 Å². The molecule has 0 saturated carbocycles. The summed E-state index contributed by atoms with van der Waals surface area (Å²) < 4.78 is 10.8. The number of nitrogens with one attached hydrogen (secondary N) is 1. The molecule has 3 N–H and O–H groups in total. The van der Waals surface area contributed by atoms with E-state index in [4.69, 9.17) is 14.6 Å². The van der Waals surface area contributed by atoms with Gasteiger partial charge < -0.3 is 19.9 Å². The first kappa shape index (κ1) is 11.1. The van der Waals surface area contributed by atoms with Gasteiger partial charge >= 0.3 is 9.28 Å². The molecule has 5 heteroatoms. The van der Waals surface area contributed by atoms with Crippen LogP contribution in [0.25, 0.3) is 0 Å². The summed E-state index contributed by atoms with van der Waals surface area (Å²) in [5, 5.41) is 3.01. The van der Waals surface area contributed by atoms with E-state index in [0.717, 1.165) is 19.4 Å². The fraction of sp³-hybridized carbons (Fsp3) is 1.00. The molecular weight excluding hydrogens is 160 g/mol. The molecule has 0 aliphatic carbocycles. The molecule has 0 atom stereocenters.